The molecular formula is C21H18N4OS. The topological polar surface area (TPSA) is 52.8 Å². The molecule has 0 aliphatic heterocycles. The monoisotopic (exact) mass is 374 g/mol. The van der Waals surface area contributed by atoms with Gasteiger partial charge in [0, 0.05) is 35.0 Å². The first-order chi connectivity index (χ1) is 13.4. The molecule has 2 heterocycles. The summed E-state index contributed by atoms with van der Waals surface area (Å²) >= 11 is 1.63. The Morgan fingerprint density at radius 1 is 0.926 bits per heavy atom. The van der Waals surface area contributed by atoms with Gasteiger partial charge in [-0.3, -0.25) is 9.55 Å². The third-order valence-electron chi connectivity index (χ3n) is 4.12. The molecule has 0 unspecified atom stereocenters. The zero-order valence-corrected chi connectivity index (χ0v) is 15.6. The fourth-order valence-corrected chi connectivity index (χ4v) is 3.76. The summed E-state index contributed by atoms with van der Waals surface area (Å²) < 4.78 is 7.53. The standard InChI is InChI=1S/C21H18N4OS/c1-26-19-12-6-5-8-17(19)15-27-21-24-23-20(16-9-7-13-22-14-16)25(21)18-10-3-2-4-11-18/h2-14H,15H2,1H3. The zero-order chi connectivity index (χ0) is 18.5. The van der Waals surface area contributed by atoms with Gasteiger partial charge in [0.05, 0.1) is 7.11 Å². The van der Waals surface area contributed by atoms with E-state index in [0.29, 0.717) is 0 Å². The minimum Gasteiger partial charge on any atom is -0.496 e. The number of methoxy groups -OCH3 is 1. The summed E-state index contributed by atoms with van der Waals surface area (Å²) in [5.74, 6) is 2.39. The van der Waals surface area contributed by atoms with Crippen molar-refractivity contribution >= 4 is 11.8 Å². The van der Waals surface area contributed by atoms with Crippen molar-refractivity contribution < 1.29 is 4.74 Å². The third kappa shape index (κ3) is 3.71. The van der Waals surface area contributed by atoms with Crippen LogP contribution >= 0.6 is 11.8 Å². The zero-order valence-electron chi connectivity index (χ0n) is 14.8. The molecule has 0 aliphatic carbocycles. The second kappa shape index (κ2) is 8.05. The van der Waals surface area contributed by atoms with Gasteiger partial charge in [-0.1, -0.05) is 48.2 Å². The average Bonchev–Trinajstić information content (AvgIpc) is 3.17. The Bertz CT molecular complexity index is 1020. The molecule has 0 saturated carbocycles. The van der Waals surface area contributed by atoms with E-state index < -0.39 is 0 Å². The lowest BCUT2D eigenvalue weighted by Crippen LogP contribution is -2.00. The largest absolute Gasteiger partial charge is 0.496 e. The molecule has 4 rings (SSSR count). The van der Waals surface area contributed by atoms with E-state index in [-0.39, 0.29) is 0 Å². The van der Waals surface area contributed by atoms with Crippen molar-refractivity contribution in [2.24, 2.45) is 0 Å². The van der Waals surface area contributed by atoms with Crippen LogP contribution in [0.25, 0.3) is 17.1 Å². The molecule has 0 radical (unpaired) electrons. The van der Waals surface area contributed by atoms with Crippen molar-refractivity contribution in [2.45, 2.75) is 10.9 Å². The fourth-order valence-electron chi connectivity index (χ4n) is 2.82. The van der Waals surface area contributed by atoms with Gasteiger partial charge in [0.1, 0.15) is 5.75 Å². The number of pyridine rings is 1. The Balaban J connectivity index is 1.72. The molecule has 0 spiro atoms. The van der Waals surface area contributed by atoms with Gasteiger partial charge in [-0.25, -0.2) is 0 Å². The summed E-state index contributed by atoms with van der Waals surface area (Å²) in [6.07, 6.45) is 3.56. The van der Waals surface area contributed by atoms with Crippen molar-refractivity contribution in [1.82, 2.24) is 19.7 Å². The Labute approximate surface area is 162 Å². The number of rotatable bonds is 6. The second-order valence-corrected chi connectivity index (χ2v) is 6.76. The summed E-state index contributed by atoms with van der Waals surface area (Å²) in [5.41, 5.74) is 3.07. The van der Waals surface area contributed by atoms with Crippen LogP contribution in [0.4, 0.5) is 0 Å². The van der Waals surface area contributed by atoms with Gasteiger partial charge in [-0.2, -0.15) is 0 Å². The first kappa shape index (κ1) is 17.3. The first-order valence-electron chi connectivity index (χ1n) is 8.53. The van der Waals surface area contributed by atoms with Crippen LogP contribution in [0.2, 0.25) is 0 Å². The number of aromatic nitrogens is 4. The summed E-state index contributed by atoms with van der Waals surface area (Å²) in [4.78, 5) is 4.22. The smallest absolute Gasteiger partial charge is 0.196 e. The lowest BCUT2D eigenvalue weighted by molar-refractivity contribution is 0.411. The van der Waals surface area contributed by atoms with E-state index in [1.165, 1.54) is 0 Å². The molecule has 27 heavy (non-hydrogen) atoms. The molecule has 0 atom stereocenters. The summed E-state index contributed by atoms with van der Waals surface area (Å²) in [6.45, 7) is 0. The summed E-state index contributed by atoms with van der Waals surface area (Å²) in [7, 11) is 1.69. The molecule has 6 heteroatoms. The molecule has 5 nitrogen and oxygen atoms in total. The molecule has 2 aromatic carbocycles. The van der Waals surface area contributed by atoms with E-state index in [2.05, 4.69) is 37.9 Å². The summed E-state index contributed by atoms with van der Waals surface area (Å²) in [5, 5.41) is 9.71. The molecule has 0 bridgehead atoms. The van der Waals surface area contributed by atoms with Crippen molar-refractivity contribution in [3.63, 3.8) is 0 Å². The van der Waals surface area contributed by atoms with Gasteiger partial charge in [-0.15, -0.1) is 10.2 Å². The van der Waals surface area contributed by atoms with Crippen LogP contribution in [0.1, 0.15) is 5.56 Å². The molecule has 4 aromatic rings. The van der Waals surface area contributed by atoms with E-state index in [1.54, 1.807) is 31.3 Å². The van der Waals surface area contributed by atoms with Crippen LogP contribution in [0, 0.1) is 0 Å². The highest BCUT2D eigenvalue weighted by atomic mass is 32.2. The quantitative estimate of drug-likeness (QED) is 0.461. The van der Waals surface area contributed by atoms with Crippen molar-refractivity contribution in [3.8, 4) is 22.8 Å². The van der Waals surface area contributed by atoms with Gasteiger partial charge >= 0.3 is 0 Å². The third-order valence-corrected chi connectivity index (χ3v) is 5.09. The van der Waals surface area contributed by atoms with Crippen LogP contribution in [-0.4, -0.2) is 26.9 Å². The maximum absolute atomic E-state index is 5.46. The molecule has 0 saturated heterocycles. The molecule has 0 aliphatic rings. The number of benzene rings is 2. The molecule has 134 valence electrons. The van der Waals surface area contributed by atoms with Crippen LogP contribution in [0.3, 0.4) is 0 Å². The fraction of sp³-hybridized carbons (Fsp3) is 0.0952. The maximum Gasteiger partial charge on any atom is 0.196 e. The van der Waals surface area contributed by atoms with Gasteiger partial charge in [0.2, 0.25) is 0 Å². The number of ether oxygens (including phenoxy) is 1. The van der Waals surface area contributed by atoms with Crippen LogP contribution in [0.5, 0.6) is 5.75 Å². The van der Waals surface area contributed by atoms with E-state index in [4.69, 9.17) is 4.74 Å². The molecule has 0 fully saturated rings. The van der Waals surface area contributed by atoms with Crippen LogP contribution in [-0.2, 0) is 5.75 Å². The highest BCUT2D eigenvalue weighted by Crippen LogP contribution is 2.31. The van der Waals surface area contributed by atoms with E-state index in [9.17, 15) is 0 Å². The molecule has 0 amide bonds. The Morgan fingerprint density at radius 2 is 1.74 bits per heavy atom. The van der Waals surface area contributed by atoms with Crippen molar-refractivity contribution in [3.05, 3.63) is 84.7 Å². The normalized spacial score (nSPS) is 10.7. The number of hydrogen-bond donors (Lipinski definition) is 0. The highest BCUT2D eigenvalue weighted by Gasteiger charge is 2.16. The Kier molecular flexibility index (Phi) is 5.16. The predicted octanol–water partition coefficient (Wildman–Crippen LogP) is 4.63. The Morgan fingerprint density at radius 3 is 2.52 bits per heavy atom. The SMILES string of the molecule is COc1ccccc1CSc1nnc(-c2cccnc2)n1-c1ccccc1. The number of thioether (sulfide) groups is 1. The van der Waals surface area contributed by atoms with Crippen molar-refractivity contribution in [2.75, 3.05) is 7.11 Å². The lowest BCUT2D eigenvalue weighted by atomic mass is 10.2. The Hall–Kier alpha value is -3.12. The summed E-state index contributed by atoms with van der Waals surface area (Å²) in [6, 6.07) is 22.0. The minimum absolute atomic E-state index is 0.738. The van der Waals surface area contributed by atoms with E-state index in [1.807, 2.05) is 48.5 Å². The van der Waals surface area contributed by atoms with Gasteiger partial charge in [-0.05, 0) is 30.3 Å². The number of nitrogens with zero attached hydrogens (tertiary/aromatic N) is 4. The average molecular weight is 374 g/mol. The number of hydrogen-bond acceptors (Lipinski definition) is 5. The second-order valence-electron chi connectivity index (χ2n) is 5.82. The minimum atomic E-state index is 0.738. The highest BCUT2D eigenvalue weighted by molar-refractivity contribution is 7.98. The molecule has 0 N–H and O–H groups in total. The van der Waals surface area contributed by atoms with E-state index in [0.717, 1.165) is 39.3 Å². The van der Waals surface area contributed by atoms with Gasteiger partial charge < -0.3 is 4.74 Å². The number of para-hydroxylation sites is 2. The van der Waals surface area contributed by atoms with Gasteiger partial charge in [0.15, 0.2) is 11.0 Å². The predicted molar refractivity (Wildman–Crippen MR) is 107 cm³/mol. The lowest BCUT2D eigenvalue weighted by Gasteiger charge is -2.11. The maximum atomic E-state index is 5.46. The molecule has 2 aromatic heterocycles. The van der Waals surface area contributed by atoms with Crippen molar-refractivity contribution in [1.29, 1.82) is 0 Å². The van der Waals surface area contributed by atoms with Crippen LogP contribution < -0.4 is 4.74 Å². The first-order valence-corrected chi connectivity index (χ1v) is 9.51. The van der Waals surface area contributed by atoms with E-state index >= 15 is 0 Å². The van der Waals surface area contributed by atoms with Gasteiger partial charge in [0.25, 0.3) is 0 Å². The molecular weight excluding hydrogens is 356 g/mol. The van der Waals surface area contributed by atoms with Crippen LogP contribution in [0.15, 0.2) is 84.3 Å².